The molecule has 0 aromatic carbocycles. The summed E-state index contributed by atoms with van der Waals surface area (Å²) < 4.78 is 61.2. The summed E-state index contributed by atoms with van der Waals surface area (Å²) in [6, 6.07) is 0. The summed E-state index contributed by atoms with van der Waals surface area (Å²) >= 11 is 0. The first-order valence-electron chi connectivity index (χ1n) is 19.9. The van der Waals surface area contributed by atoms with E-state index in [4.69, 9.17) is 52.1 Å². The first kappa shape index (κ1) is 51.2. The van der Waals surface area contributed by atoms with Crippen LogP contribution < -0.4 is 0 Å². The molecular formula is C34H58O29. The topological polar surface area (TPSA) is 466 Å². The lowest BCUT2D eigenvalue weighted by molar-refractivity contribution is -0.393. The van der Waals surface area contributed by atoms with Gasteiger partial charge < -0.3 is 144 Å². The molecule has 0 aliphatic carbocycles. The zero-order chi connectivity index (χ0) is 46.2. The van der Waals surface area contributed by atoms with Crippen molar-refractivity contribution in [3.63, 3.8) is 0 Å². The second-order valence-electron chi connectivity index (χ2n) is 15.9. The summed E-state index contributed by atoms with van der Waals surface area (Å²) in [7, 11) is 0. The van der Waals surface area contributed by atoms with Crippen molar-refractivity contribution >= 4 is 0 Å². The molecule has 0 radical (unpaired) electrons. The van der Waals surface area contributed by atoms with E-state index in [0.717, 1.165) is 0 Å². The van der Waals surface area contributed by atoms with Gasteiger partial charge in [0.25, 0.3) is 0 Å². The Hall–Kier alpha value is -1.16. The maximum atomic E-state index is 11.5. The Labute approximate surface area is 355 Å². The van der Waals surface area contributed by atoms with Crippen molar-refractivity contribution in [1.29, 1.82) is 0 Å². The second-order valence-corrected chi connectivity index (χ2v) is 15.9. The molecule has 1 unspecified atom stereocenters. The largest absolute Gasteiger partial charge is 0.394 e. The lowest BCUT2D eigenvalue weighted by Crippen LogP contribution is -2.68. The van der Waals surface area contributed by atoms with Crippen molar-refractivity contribution in [2.45, 2.75) is 172 Å². The van der Waals surface area contributed by atoms with Crippen molar-refractivity contribution in [2.24, 2.45) is 0 Å². The number of aliphatic hydroxyl groups is 18. The molecule has 0 bridgehead atoms. The van der Waals surface area contributed by atoms with Gasteiger partial charge in [-0.2, -0.15) is 0 Å². The van der Waals surface area contributed by atoms with Gasteiger partial charge in [-0.15, -0.1) is 0 Å². The molecule has 0 saturated carbocycles. The number of aliphatic hydroxyl groups excluding tert-OH is 18. The third-order valence-electron chi connectivity index (χ3n) is 11.6. The Morgan fingerprint density at radius 2 is 0.683 bits per heavy atom. The average molecular weight is 931 g/mol. The lowest BCUT2D eigenvalue weighted by atomic mass is 9.95. The molecule has 0 aromatic heterocycles. The summed E-state index contributed by atoms with van der Waals surface area (Å²) in [5.41, 5.74) is 0. The van der Waals surface area contributed by atoms with Crippen LogP contribution in [-0.4, -0.2) is 304 Å². The Morgan fingerprint density at radius 3 is 1.10 bits per heavy atom. The first-order chi connectivity index (χ1) is 29.8. The molecule has 0 spiro atoms. The van der Waals surface area contributed by atoms with Crippen molar-refractivity contribution in [3.05, 3.63) is 0 Å². The number of ether oxygens (including phenoxy) is 11. The maximum Gasteiger partial charge on any atom is 0.187 e. The fraction of sp³-hybridized carbons (Fsp3) is 1.00. The predicted molar refractivity (Wildman–Crippen MR) is 187 cm³/mol. The normalized spacial score (nSPS) is 53.6. The summed E-state index contributed by atoms with van der Waals surface area (Å²) in [4.78, 5) is 0. The molecule has 0 amide bonds. The van der Waals surface area contributed by atoms with E-state index in [1.165, 1.54) is 0 Å². The van der Waals surface area contributed by atoms with Gasteiger partial charge >= 0.3 is 0 Å². The predicted octanol–water partition coefficient (Wildman–Crippen LogP) is -12.8. The fourth-order valence-electron chi connectivity index (χ4n) is 7.75. The van der Waals surface area contributed by atoms with Crippen LogP contribution in [0.1, 0.15) is 0 Å². The molecule has 6 rings (SSSR count). The van der Waals surface area contributed by atoms with E-state index in [-0.39, 0.29) is 0 Å². The Balaban J connectivity index is 1.25. The van der Waals surface area contributed by atoms with E-state index in [0.29, 0.717) is 0 Å². The highest BCUT2D eigenvalue weighted by molar-refractivity contribution is 4.98. The molecule has 6 saturated heterocycles. The number of hydrogen-bond donors (Lipinski definition) is 18. The third-order valence-corrected chi connectivity index (χ3v) is 11.6. The van der Waals surface area contributed by atoms with Crippen LogP contribution in [0.3, 0.4) is 0 Å². The lowest BCUT2D eigenvalue weighted by Gasteiger charge is -2.49. The van der Waals surface area contributed by atoms with Gasteiger partial charge in [-0.05, 0) is 0 Å². The van der Waals surface area contributed by atoms with Gasteiger partial charge in [0.05, 0.1) is 39.6 Å². The molecule has 0 aromatic rings. The minimum absolute atomic E-state index is 0.513. The highest BCUT2D eigenvalue weighted by atomic mass is 16.8. The zero-order valence-corrected chi connectivity index (χ0v) is 32.9. The van der Waals surface area contributed by atoms with Crippen molar-refractivity contribution < 1.29 is 144 Å². The van der Waals surface area contributed by atoms with Crippen LogP contribution in [0.15, 0.2) is 0 Å². The average Bonchev–Trinajstić information content (AvgIpc) is 3.26. The van der Waals surface area contributed by atoms with E-state index in [9.17, 15) is 91.9 Å². The Kier molecular flexibility index (Phi) is 17.8. The molecule has 29 nitrogen and oxygen atoms in total. The van der Waals surface area contributed by atoms with E-state index >= 15 is 0 Å². The van der Waals surface area contributed by atoms with Gasteiger partial charge in [-0.25, -0.2) is 0 Å². The Bertz CT molecular complexity index is 1400. The maximum absolute atomic E-state index is 11.5. The van der Waals surface area contributed by atoms with Crippen molar-refractivity contribution in [3.8, 4) is 0 Å². The van der Waals surface area contributed by atoms with Crippen molar-refractivity contribution in [2.75, 3.05) is 39.6 Å². The van der Waals surface area contributed by atoms with Crippen LogP contribution in [0.5, 0.6) is 0 Å². The van der Waals surface area contributed by atoms with E-state index in [1.807, 2.05) is 0 Å². The highest BCUT2D eigenvalue weighted by Crippen LogP contribution is 2.35. The minimum atomic E-state index is -2.22. The third kappa shape index (κ3) is 10.9. The molecule has 63 heavy (non-hydrogen) atoms. The zero-order valence-electron chi connectivity index (χ0n) is 32.9. The molecule has 368 valence electrons. The highest BCUT2D eigenvalue weighted by Gasteiger charge is 2.56. The van der Waals surface area contributed by atoms with Gasteiger partial charge in [0.15, 0.2) is 37.7 Å². The van der Waals surface area contributed by atoms with Crippen molar-refractivity contribution in [1.82, 2.24) is 0 Å². The van der Waals surface area contributed by atoms with Gasteiger partial charge in [-0.3, -0.25) is 0 Å². The molecular weight excluding hydrogens is 872 g/mol. The van der Waals surface area contributed by atoms with Crippen LogP contribution >= 0.6 is 0 Å². The van der Waals surface area contributed by atoms with Gasteiger partial charge in [-0.1, -0.05) is 0 Å². The monoisotopic (exact) mass is 930 g/mol. The smallest absolute Gasteiger partial charge is 0.187 e. The standard InChI is InChI=1S/C34H58O29/c35-1-9-15(41)16(42)23(49)32(58-9)62-27-11(5-55-30-21(47)13(39)7(37)3-53-30)60-34(25(51)19(27)45)63-28-12(6-56-31-22(48)14(40)8(38)4-54-31)59-33(24(50)18(28)44)61-26-10(2-36)57-29(52)20(46)17(26)43/h7-52H,1-6H2/t7-,8-,9-,10-,11-,12-,13+,14+,15-,16+,17-,18-,19+,20-,21-,22-,23-,24-,25-,26-,27-,28-,29?,30-,31-,32+,33+,34+/m1/s1. The second kappa shape index (κ2) is 21.9. The molecule has 18 N–H and O–H groups in total. The van der Waals surface area contributed by atoms with E-state index in [1.54, 1.807) is 0 Å². The molecule has 28 atom stereocenters. The minimum Gasteiger partial charge on any atom is -0.394 e. The summed E-state index contributed by atoms with van der Waals surface area (Å²) in [5.74, 6) is 0. The van der Waals surface area contributed by atoms with E-state index in [2.05, 4.69) is 0 Å². The van der Waals surface area contributed by atoms with Gasteiger partial charge in [0, 0.05) is 0 Å². The van der Waals surface area contributed by atoms with Crippen LogP contribution in [0.4, 0.5) is 0 Å². The number of rotatable bonds is 14. The molecule has 6 fully saturated rings. The fourth-order valence-corrected chi connectivity index (χ4v) is 7.75. The Morgan fingerprint density at radius 1 is 0.333 bits per heavy atom. The van der Waals surface area contributed by atoms with Crippen LogP contribution in [-0.2, 0) is 52.1 Å². The molecule has 6 aliphatic rings. The quantitative estimate of drug-likeness (QED) is 0.0769. The molecule has 6 heterocycles. The van der Waals surface area contributed by atoms with Gasteiger partial charge in [0.1, 0.15) is 134 Å². The summed E-state index contributed by atoms with van der Waals surface area (Å²) in [6.07, 6.45) is -52.2. The van der Waals surface area contributed by atoms with Crippen LogP contribution in [0, 0.1) is 0 Å². The number of hydrogen-bond acceptors (Lipinski definition) is 29. The first-order valence-corrected chi connectivity index (χ1v) is 19.9. The van der Waals surface area contributed by atoms with Crippen LogP contribution in [0.25, 0.3) is 0 Å². The SMILES string of the molecule is OC[C@H]1O[C@@H](O[C@H]2[C@@H](O)[C@@H](O)[C@H](O[C@H]3[C@H](O)[C@@H](O)[C@H](O[C@H]4[C@H](O)[C@@H](O)C(O)O[C@@H]4CO)O[C@@H]3CO[C@H]3OC[C@@H](O)[C@H](O)[C@H]3O)O[C@@H]2CO[C@H]2OC[C@@H](O)[C@H](O)[C@H]2O)[C@H](O)[C@@H](O)[C@@H]1O. The van der Waals surface area contributed by atoms with E-state index < -0.39 is 212 Å². The summed E-state index contributed by atoms with van der Waals surface area (Å²) in [5, 5.41) is 188. The summed E-state index contributed by atoms with van der Waals surface area (Å²) in [6.45, 7) is -4.44. The molecule has 29 heteroatoms. The van der Waals surface area contributed by atoms with Crippen LogP contribution in [0.2, 0.25) is 0 Å². The van der Waals surface area contributed by atoms with Gasteiger partial charge in [0.2, 0.25) is 0 Å². The molecule has 6 aliphatic heterocycles.